The van der Waals surface area contributed by atoms with Crippen molar-refractivity contribution in [2.24, 2.45) is 4.99 Å². The molecule has 2 aromatic carbocycles. The Bertz CT molecular complexity index is 1720. The predicted molar refractivity (Wildman–Crippen MR) is 239 cm³/mol. The summed E-state index contributed by atoms with van der Waals surface area (Å²) in [5.41, 5.74) is 6.53. The summed E-state index contributed by atoms with van der Waals surface area (Å²) in [6, 6.07) is 16.9. The van der Waals surface area contributed by atoms with E-state index >= 15 is 0 Å². The van der Waals surface area contributed by atoms with Crippen LogP contribution < -0.4 is 20.4 Å². The molecule has 300 valence electrons. The number of carbonyl (C=O) groups is 2. The Labute approximate surface area is 341 Å². The minimum atomic E-state index is -0.181. The van der Waals surface area contributed by atoms with Gasteiger partial charge in [0.25, 0.3) is 5.91 Å². The second-order valence-corrected chi connectivity index (χ2v) is 16.7. The van der Waals surface area contributed by atoms with Crippen LogP contribution in [0.2, 0.25) is 0 Å². The molecular formula is C44H59N6O4S2+. The Morgan fingerprint density at radius 3 is 1.82 bits per heavy atom. The quantitative estimate of drug-likeness (QED) is 0.0437. The number of allylic oxidation sites excluding steroid dienone is 7. The van der Waals surface area contributed by atoms with Crippen molar-refractivity contribution in [1.82, 2.24) is 10.6 Å². The van der Waals surface area contributed by atoms with Crippen molar-refractivity contribution in [3.8, 4) is 0 Å². The molecule has 0 aliphatic carbocycles. The zero-order chi connectivity index (χ0) is 40.0. The van der Waals surface area contributed by atoms with Crippen LogP contribution in [-0.2, 0) is 9.59 Å². The number of amides is 2. The molecule has 56 heavy (non-hydrogen) atoms. The lowest BCUT2D eigenvalue weighted by Crippen LogP contribution is -2.35. The summed E-state index contributed by atoms with van der Waals surface area (Å²) in [7, 11) is 5.21. The molecule has 4 rings (SSSR count). The minimum Gasteiger partial charge on any atom is -0.393 e. The Hall–Kier alpha value is -4.36. The molecule has 0 aromatic heterocycles. The van der Waals surface area contributed by atoms with E-state index < -0.39 is 0 Å². The van der Waals surface area contributed by atoms with Crippen LogP contribution in [0.4, 0.5) is 11.4 Å². The Balaban J connectivity index is 1.01. The van der Waals surface area contributed by atoms with E-state index in [2.05, 4.69) is 92.7 Å². The van der Waals surface area contributed by atoms with Crippen molar-refractivity contribution in [3.63, 3.8) is 0 Å². The van der Waals surface area contributed by atoms with Crippen LogP contribution in [0.15, 0.2) is 102 Å². The number of piperidine rings is 2. The molecule has 2 aliphatic rings. The van der Waals surface area contributed by atoms with Crippen molar-refractivity contribution >= 4 is 69.4 Å². The van der Waals surface area contributed by atoms with Crippen LogP contribution in [-0.4, -0.2) is 122 Å². The number of nitrogens with zero attached hydrogens (tertiary/aromatic N) is 4. The largest absolute Gasteiger partial charge is 0.393 e. The molecule has 0 saturated carbocycles. The molecule has 2 aliphatic heterocycles. The van der Waals surface area contributed by atoms with E-state index in [9.17, 15) is 19.8 Å². The third kappa shape index (κ3) is 17.2. The normalized spacial score (nSPS) is 16.7. The first-order chi connectivity index (χ1) is 27.2. The fraction of sp³-hybridized carbons (Fsp3) is 0.409. The Morgan fingerprint density at radius 1 is 0.804 bits per heavy atom. The lowest BCUT2D eigenvalue weighted by molar-refractivity contribution is -0.479. The zero-order valence-corrected chi connectivity index (χ0v) is 34.5. The second kappa shape index (κ2) is 25.0. The fourth-order valence-corrected chi connectivity index (χ4v) is 7.81. The number of likely N-dealkylation sites (N-methyl/N-ethyl adjacent to an activating group) is 1. The molecule has 0 bridgehead atoms. The number of hydrogen-bond donors (Lipinski definition) is 4. The van der Waals surface area contributed by atoms with Crippen molar-refractivity contribution in [1.29, 1.82) is 0 Å². The van der Waals surface area contributed by atoms with Crippen LogP contribution in [0.25, 0.3) is 12.2 Å². The molecule has 0 radical (unpaired) electrons. The van der Waals surface area contributed by atoms with E-state index in [4.69, 9.17) is 0 Å². The molecule has 2 aromatic rings. The number of anilines is 2. The molecular weight excluding hydrogens is 741 g/mol. The topological polar surface area (TPSA) is 121 Å². The maximum atomic E-state index is 12.4. The van der Waals surface area contributed by atoms with Gasteiger partial charge in [-0.3, -0.25) is 14.6 Å². The van der Waals surface area contributed by atoms with Gasteiger partial charge in [0.05, 0.1) is 12.2 Å². The number of carbonyl (C=O) groups excluding carboxylic acids is 2. The molecule has 10 nitrogen and oxygen atoms in total. The smallest absolute Gasteiger partial charge is 0.285 e. The summed E-state index contributed by atoms with van der Waals surface area (Å²) >= 11 is 0. The molecule has 2 amide bonds. The van der Waals surface area contributed by atoms with Crippen LogP contribution in [0.3, 0.4) is 0 Å². The number of aliphatic imine (C=N–C) groups is 1. The zero-order valence-electron chi connectivity index (χ0n) is 32.9. The van der Waals surface area contributed by atoms with E-state index in [1.807, 2.05) is 49.1 Å². The number of aliphatic hydroxyl groups is 2. The van der Waals surface area contributed by atoms with Crippen molar-refractivity contribution < 1.29 is 24.4 Å². The van der Waals surface area contributed by atoms with Crippen molar-refractivity contribution in [3.05, 3.63) is 108 Å². The minimum absolute atomic E-state index is 0.0284. The van der Waals surface area contributed by atoms with E-state index in [-0.39, 0.29) is 37.1 Å². The first-order valence-corrected chi connectivity index (χ1v) is 21.9. The maximum Gasteiger partial charge on any atom is 0.285 e. The number of rotatable bonds is 20. The van der Waals surface area contributed by atoms with Gasteiger partial charge < -0.3 is 30.6 Å². The van der Waals surface area contributed by atoms with E-state index in [1.165, 1.54) is 11.4 Å². The van der Waals surface area contributed by atoms with Gasteiger partial charge in [0, 0.05) is 74.4 Å². The van der Waals surface area contributed by atoms with Gasteiger partial charge in [-0.15, -0.1) is 0 Å². The van der Waals surface area contributed by atoms with Crippen LogP contribution in [0, 0.1) is 0 Å². The third-order valence-corrected chi connectivity index (χ3v) is 11.8. The third-order valence-electron chi connectivity index (χ3n) is 9.38. The summed E-state index contributed by atoms with van der Waals surface area (Å²) in [5.74, 6) is 1.37. The van der Waals surface area contributed by atoms with E-state index in [0.29, 0.717) is 13.1 Å². The lowest BCUT2D eigenvalue weighted by atomic mass is 10.1. The molecule has 2 heterocycles. The summed E-state index contributed by atoms with van der Waals surface area (Å²) in [4.78, 5) is 33.4. The standard InChI is InChI=1S/C44H58N6O4S2/c1-4-36(7-8-38-11-15-40(16-12-38)50-29-21-42(52)22-30-50)17-23-45-33-43(53)46-24-31-55-56-32-25-47-44(54)34-48(3)26-18-35(2)5-6-37-9-13-39(14-10-37)49-27-19-41(51)20-28-49/h4-18,23,26,41-42,51-52H,1,19-22,24-25,27-34H2,2-3H3,(H-,46,47,53,54)/p+1/b8-7+,36-17+,45-23+. The van der Waals surface area contributed by atoms with Crippen molar-refractivity contribution in [2.75, 3.05) is 80.7 Å². The number of hydrogen-bond acceptors (Lipinski definition) is 9. The monoisotopic (exact) mass is 799 g/mol. The summed E-state index contributed by atoms with van der Waals surface area (Å²) < 4.78 is 1.86. The number of benzene rings is 2. The van der Waals surface area contributed by atoms with Gasteiger partial charge in [-0.1, -0.05) is 82.8 Å². The molecule has 2 saturated heterocycles. The van der Waals surface area contributed by atoms with Gasteiger partial charge in [0.1, 0.15) is 13.6 Å². The fourth-order valence-electron chi connectivity index (χ4n) is 6.00. The molecule has 4 N–H and O–H groups in total. The van der Waals surface area contributed by atoms with E-state index in [1.54, 1.807) is 33.9 Å². The Kier molecular flexibility index (Phi) is 19.8. The number of nitrogens with one attached hydrogen (secondary N) is 2. The predicted octanol–water partition coefficient (Wildman–Crippen LogP) is 5.79. The number of aliphatic hydroxyl groups excluding tert-OH is 2. The maximum absolute atomic E-state index is 12.4. The highest BCUT2D eigenvalue weighted by Gasteiger charge is 2.18. The average Bonchev–Trinajstić information content (AvgIpc) is 3.21. The van der Waals surface area contributed by atoms with Gasteiger partial charge >= 0.3 is 0 Å². The Morgan fingerprint density at radius 2 is 1.30 bits per heavy atom. The molecule has 0 atom stereocenters. The molecule has 2 fully saturated rings. The van der Waals surface area contributed by atoms with Crippen LogP contribution in [0.5, 0.6) is 0 Å². The first kappa shape index (κ1) is 44.4. The summed E-state index contributed by atoms with van der Waals surface area (Å²) in [6.07, 6.45) is 20.2. The molecule has 12 heteroatoms. The second-order valence-electron chi connectivity index (χ2n) is 14.0. The van der Waals surface area contributed by atoms with Crippen LogP contribution >= 0.6 is 21.6 Å². The average molecular weight is 800 g/mol. The first-order valence-electron chi connectivity index (χ1n) is 19.4. The summed E-state index contributed by atoms with van der Waals surface area (Å²) in [5, 5.41) is 25.3. The van der Waals surface area contributed by atoms with Gasteiger partial charge in [0.15, 0.2) is 6.21 Å². The highest BCUT2D eigenvalue weighted by atomic mass is 33.1. The van der Waals surface area contributed by atoms with Gasteiger partial charge in [-0.25, -0.2) is 4.58 Å². The van der Waals surface area contributed by atoms with E-state index in [0.717, 1.165) is 85.6 Å². The van der Waals surface area contributed by atoms with Gasteiger partial charge in [0.2, 0.25) is 12.5 Å². The highest BCUT2D eigenvalue weighted by molar-refractivity contribution is 8.76. The van der Waals surface area contributed by atoms with Crippen molar-refractivity contribution in [2.45, 2.75) is 44.8 Å². The SMILES string of the molecule is C=CC(/C=C/c1ccc(N2CCC(O)CC2)cc1)=C\C=N\CC(=O)NCCSSCCNC(=O)C/[N+](C)=C/C=C(C)/C=C/c1ccc(N2CCC(O)CC2)cc1. The molecule has 0 unspecified atom stereocenters. The molecule has 0 spiro atoms. The summed E-state index contributed by atoms with van der Waals surface area (Å²) in [6.45, 7) is 10.9. The van der Waals surface area contributed by atoms with Gasteiger partial charge in [-0.05, 0) is 85.2 Å². The highest BCUT2D eigenvalue weighted by Crippen LogP contribution is 2.23. The lowest BCUT2D eigenvalue weighted by Gasteiger charge is -2.31. The van der Waals surface area contributed by atoms with Gasteiger partial charge in [-0.2, -0.15) is 0 Å². The van der Waals surface area contributed by atoms with Crippen LogP contribution in [0.1, 0.15) is 43.7 Å².